The average Bonchev–Trinajstić information content (AvgIpc) is 2.69. The van der Waals surface area contributed by atoms with Gasteiger partial charge in [0.05, 0.1) is 12.7 Å². The van der Waals surface area contributed by atoms with Crippen molar-refractivity contribution in [1.82, 2.24) is 0 Å². The van der Waals surface area contributed by atoms with Crippen molar-refractivity contribution in [3.8, 4) is 0 Å². The zero-order valence-electron chi connectivity index (χ0n) is 18.7. The van der Waals surface area contributed by atoms with E-state index < -0.39 is 30.1 Å². The maximum Gasteiger partial charge on any atom is 0.334 e. The molecule has 1 aliphatic carbocycles. The van der Waals surface area contributed by atoms with Gasteiger partial charge in [-0.3, -0.25) is 9.59 Å². The van der Waals surface area contributed by atoms with Crippen LogP contribution in [-0.4, -0.2) is 48.4 Å². The van der Waals surface area contributed by atoms with Crippen LogP contribution in [0.1, 0.15) is 47.0 Å². The minimum Gasteiger partial charge on any atom is -0.462 e. The highest BCUT2D eigenvalue weighted by Crippen LogP contribution is 2.39. The topological polar surface area (TPSA) is 99.1 Å². The smallest absolute Gasteiger partial charge is 0.334 e. The molecule has 0 bridgehead atoms. The summed E-state index contributed by atoms with van der Waals surface area (Å²) in [7, 11) is 0. The van der Waals surface area contributed by atoms with Gasteiger partial charge in [-0.05, 0) is 44.4 Å². The molecule has 7 heteroatoms. The molecule has 0 saturated carbocycles. The van der Waals surface area contributed by atoms with Crippen LogP contribution in [-0.2, 0) is 28.6 Å². The summed E-state index contributed by atoms with van der Waals surface area (Å²) in [4.78, 5) is 35.4. The molecule has 1 N–H and O–H groups in total. The number of hydrogen-bond donors (Lipinski definition) is 1. The summed E-state index contributed by atoms with van der Waals surface area (Å²) in [5, 5.41) is 10.4. The van der Waals surface area contributed by atoms with E-state index in [2.05, 4.69) is 6.58 Å². The van der Waals surface area contributed by atoms with E-state index in [-0.39, 0.29) is 25.0 Å². The highest BCUT2D eigenvalue weighted by Gasteiger charge is 2.38. The van der Waals surface area contributed by atoms with Gasteiger partial charge < -0.3 is 19.3 Å². The number of carbonyl (C=O) groups is 3. The lowest BCUT2D eigenvalue weighted by Gasteiger charge is -2.34. The number of ether oxygens (including phenoxy) is 3. The summed E-state index contributed by atoms with van der Waals surface area (Å²) in [6.45, 7) is 10.9. The van der Waals surface area contributed by atoms with Crippen LogP contribution in [0.5, 0.6) is 0 Å². The molecule has 0 aromatic rings. The second-order valence-electron chi connectivity index (χ2n) is 8.32. The van der Waals surface area contributed by atoms with E-state index in [9.17, 15) is 19.5 Å². The highest BCUT2D eigenvalue weighted by atomic mass is 16.5. The fourth-order valence-electron chi connectivity index (χ4n) is 4.02. The van der Waals surface area contributed by atoms with Crippen molar-refractivity contribution < 1.29 is 33.7 Å². The predicted molar refractivity (Wildman–Crippen MR) is 115 cm³/mol. The Morgan fingerprint density at radius 3 is 2.58 bits per heavy atom. The van der Waals surface area contributed by atoms with Crippen molar-refractivity contribution in [3.63, 3.8) is 0 Å². The lowest BCUT2D eigenvalue weighted by molar-refractivity contribution is -0.145. The number of hydrogen-bond acceptors (Lipinski definition) is 7. The molecule has 2 aliphatic rings. The van der Waals surface area contributed by atoms with Crippen LogP contribution in [0.15, 0.2) is 47.1 Å². The summed E-state index contributed by atoms with van der Waals surface area (Å²) < 4.78 is 16.0. The SMILES string of the molecule is C=C1C[C@@H](OC(C)=O)/C=C(\COC(C)=O)CC[C@@H]2/C(=C\[C@H](O)C=C(C)C)C(=O)OC[C@@H]12. The molecule has 0 amide bonds. The number of esters is 3. The van der Waals surface area contributed by atoms with E-state index in [1.165, 1.54) is 19.9 Å². The molecule has 0 radical (unpaired) electrons. The van der Waals surface area contributed by atoms with Gasteiger partial charge in [-0.15, -0.1) is 0 Å². The fraction of sp³-hybridized carbons (Fsp3) is 0.542. The van der Waals surface area contributed by atoms with Gasteiger partial charge in [0.1, 0.15) is 12.7 Å². The van der Waals surface area contributed by atoms with Crippen molar-refractivity contribution in [2.45, 2.75) is 59.2 Å². The molecule has 7 nitrogen and oxygen atoms in total. The Hall–Kier alpha value is -2.67. The monoisotopic (exact) mass is 432 g/mol. The van der Waals surface area contributed by atoms with Crippen molar-refractivity contribution in [2.24, 2.45) is 11.8 Å². The Bertz CT molecular complexity index is 814. The minimum atomic E-state index is -0.906. The van der Waals surface area contributed by atoms with E-state index in [0.717, 1.165) is 16.7 Å². The van der Waals surface area contributed by atoms with E-state index >= 15 is 0 Å². The summed E-state index contributed by atoms with van der Waals surface area (Å²) in [5.41, 5.74) is 2.95. The Morgan fingerprint density at radius 2 is 1.97 bits per heavy atom. The lowest BCUT2D eigenvalue weighted by atomic mass is 9.76. The largest absolute Gasteiger partial charge is 0.462 e. The maximum absolute atomic E-state index is 12.6. The highest BCUT2D eigenvalue weighted by molar-refractivity contribution is 5.90. The van der Waals surface area contributed by atoms with Crippen LogP contribution in [0.25, 0.3) is 0 Å². The first-order valence-corrected chi connectivity index (χ1v) is 10.5. The van der Waals surface area contributed by atoms with Gasteiger partial charge in [-0.2, -0.15) is 0 Å². The van der Waals surface area contributed by atoms with Crippen LogP contribution in [0.4, 0.5) is 0 Å². The molecule has 2 rings (SSSR count). The van der Waals surface area contributed by atoms with Crippen molar-refractivity contribution in [1.29, 1.82) is 0 Å². The van der Waals surface area contributed by atoms with Gasteiger partial charge >= 0.3 is 17.9 Å². The first kappa shape index (κ1) is 24.6. The van der Waals surface area contributed by atoms with E-state index in [4.69, 9.17) is 14.2 Å². The molecule has 4 atom stereocenters. The predicted octanol–water partition coefficient (Wildman–Crippen LogP) is 3.19. The normalized spacial score (nSPS) is 28.0. The van der Waals surface area contributed by atoms with Crippen LogP contribution >= 0.6 is 0 Å². The molecule has 1 fully saturated rings. The first-order valence-electron chi connectivity index (χ1n) is 10.5. The lowest BCUT2D eigenvalue weighted by Crippen LogP contribution is -2.35. The minimum absolute atomic E-state index is 0.0842. The molecular formula is C24H32O7. The van der Waals surface area contributed by atoms with Crippen LogP contribution in [0.2, 0.25) is 0 Å². The molecule has 0 aromatic carbocycles. The van der Waals surface area contributed by atoms with Crippen molar-refractivity contribution in [3.05, 3.63) is 47.1 Å². The van der Waals surface area contributed by atoms with Crippen molar-refractivity contribution in [2.75, 3.05) is 13.2 Å². The van der Waals surface area contributed by atoms with E-state index in [0.29, 0.717) is 24.8 Å². The summed E-state index contributed by atoms with van der Waals surface area (Å²) in [5.74, 6) is -1.65. The third kappa shape index (κ3) is 7.51. The number of aliphatic hydroxyl groups is 1. The van der Waals surface area contributed by atoms with Gasteiger partial charge in [-0.1, -0.05) is 23.8 Å². The molecule has 0 aromatic heterocycles. The molecule has 170 valence electrons. The Balaban J connectivity index is 2.39. The van der Waals surface area contributed by atoms with E-state index in [1.54, 1.807) is 12.2 Å². The third-order valence-electron chi connectivity index (χ3n) is 5.33. The summed E-state index contributed by atoms with van der Waals surface area (Å²) >= 11 is 0. The third-order valence-corrected chi connectivity index (χ3v) is 5.33. The van der Waals surface area contributed by atoms with Crippen LogP contribution < -0.4 is 0 Å². The Labute approximate surface area is 183 Å². The van der Waals surface area contributed by atoms with Gasteiger partial charge in [0.25, 0.3) is 0 Å². The van der Waals surface area contributed by atoms with Gasteiger partial charge in [0, 0.05) is 37.7 Å². The number of cyclic esters (lactones) is 1. The standard InChI is InChI=1S/C24H32O7/c1-14(2)8-19(27)11-22-21-7-6-18(12-29-16(4)25)10-20(31-17(5)26)9-15(3)23(21)13-30-24(22)28/h8,10-11,19-21,23,27H,3,6-7,9,12-13H2,1-2,4-5H3/b18-10-,22-11+/t19-,20-,21-,23+/m1/s1. The zero-order chi connectivity index (χ0) is 23.1. The second kappa shape index (κ2) is 11.1. The van der Waals surface area contributed by atoms with Gasteiger partial charge in [0.2, 0.25) is 0 Å². The number of fused-ring (bicyclic) bond motifs is 1. The quantitative estimate of drug-likeness (QED) is 0.308. The number of carbonyl (C=O) groups excluding carboxylic acids is 3. The number of aliphatic hydroxyl groups excluding tert-OH is 1. The van der Waals surface area contributed by atoms with E-state index in [1.807, 2.05) is 13.8 Å². The summed E-state index contributed by atoms with van der Waals surface area (Å²) in [6.07, 6.45) is 5.03. The molecule has 1 saturated heterocycles. The molecular weight excluding hydrogens is 400 g/mol. The Morgan fingerprint density at radius 1 is 1.26 bits per heavy atom. The molecule has 0 unspecified atom stereocenters. The number of allylic oxidation sites excluding steroid dienone is 1. The summed E-state index contributed by atoms with van der Waals surface area (Å²) in [6, 6.07) is 0. The van der Waals surface area contributed by atoms with Crippen LogP contribution in [0.3, 0.4) is 0 Å². The molecule has 1 heterocycles. The van der Waals surface area contributed by atoms with Gasteiger partial charge in [0.15, 0.2) is 0 Å². The molecule has 0 spiro atoms. The molecule has 31 heavy (non-hydrogen) atoms. The second-order valence-corrected chi connectivity index (χ2v) is 8.32. The van der Waals surface area contributed by atoms with Crippen LogP contribution in [0, 0.1) is 11.8 Å². The Kier molecular flexibility index (Phi) is 8.80. The fourth-order valence-corrected chi connectivity index (χ4v) is 4.02. The van der Waals surface area contributed by atoms with Crippen molar-refractivity contribution >= 4 is 17.9 Å². The first-order chi connectivity index (χ1) is 14.6. The maximum atomic E-state index is 12.6. The van der Waals surface area contributed by atoms with Gasteiger partial charge in [-0.25, -0.2) is 4.79 Å². The zero-order valence-corrected chi connectivity index (χ0v) is 18.7. The average molecular weight is 433 g/mol. The molecule has 1 aliphatic heterocycles. The number of rotatable bonds is 5.